The van der Waals surface area contributed by atoms with E-state index >= 15 is 0 Å². The smallest absolute Gasteiger partial charge is 0.178 e. The predicted octanol–water partition coefficient (Wildman–Crippen LogP) is 3.94. The SMILES string of the molecule is O=S(=O)(/C=C/c1ccc(F)cc1)Cc1nc2ccc(Cl)cc2[nH]1. The Morgan fingerprint density at radius 1 is 1.17 bits per heavy atom. The van der Waals surface area contributed by atoms with Crippen LogP contribution in [0.3, 0.4) is 0 Å². The molecule has 0 radical (unpaired) electrons. The lowest BCUT2D eigenvalue weighted by molar-refractivity contribution is 0.603. The largest absolute Gasteiger partial charge is 0.341 e. The topological polar surface area (TPSA) is 62.8 Å². The van der Waals surface area contributed by atoms with Gasteiger partial charge < -0.3 is 4.98 Å². The van der Waals surface area contributed by atoms with E-state index in [-0.39, 0.29) is 11.6 Å². The molecule has 0 aliphatic heterocycles. The molecule has 4 nitrogen and oxygen atoms in total. The number of aromatic amines is 1. The molecule has 0 unspecified atom stereocenters. The van der Waals surface area contributed by atoms with E-state index in [0.29, 0.717) is 27.4 Å². The third-order valence-corrected chi connectivity index (χ3v) is 4.63. The second kappa shape index (κ2) is 6.14. The first-order chi connectivity index (χ1) is 10.9. The summed E-state index contributed by atoms with van der Waals surface area (Å²) < 4.78 is 37.1. The number of nitrogens with one attached hydrogen (secondary N) is 1. The van der Waals surface area contributed by atoms with Crippen LogP contribution in [0.2, 0.25) is 5.02 Å². The second-order valence-electron chi connectivity index (χ2n) is 5.01. The highest BCUT2D eigenvalue weighted by Gasteiger charge is 2.12. The van der Waals surface area contributed by atoms with Crippen molar-refractivity contribution < 1.29 is 12.8 Å². The lowest BCUT2D eigenvalue weighted by Crippen LogP contribution is -2.01. The van der Waals surface area contributed by atoms with Gasteiger partial charge in [0.05, 0.1) is 11.0 Å². The molecule has 1 N–H and O–H groups in total. The maximum atomic E-state index is 12.8. The summed E-state index contributed by atoms with van der Waals surface area (Å²) in [5, 5.41) is 1.65. The van der Waals surface area contributed by atoms with E-state index < -0.39 is 9.84 Å². The number of nitrogens with zero attached hydrogens (tertiary/aromatic N) is 1. The first-order valence-electron chi connectivity index (χ1n) is 6.72. The van der Waals surface area contributed by atoms with Crippen LogP contribution in [0, 0.1) is 5.82 Å². The van der Waals surface area contributed by atoms with Gasteiger partial charge >= 0.3 is 0 Å². The standard InChI is InChI=1S/C16H12ClFN2O2S/c17-12-3-6-14-15(9-12)20-16(19-14)10-23(21,22)8-7-11-1-4-13(18)5-2-11/h1-9H,10H2,(H,19,20)/b8-7+. The lowest BCUT2D eigenvalue weighted by atomic mass is 10.2. The van der Waals surface area contributed by atoms with E-state index in [1.165, 1.54) is 30.3 Å². The molecule has 0 saturated heterocycles. The molecule has 0 spiro atoms. The number of halogens is 2. The highest BCUT2D eigenvalue weighted by atomic mass is 35.5. The van der Waals surface area contributed by atoms with Crippen molar-refractivity contribution in [3.05, 3.63) is 70.1 Å². The zero-order valence-electron chi connectivity index (χ0n) is 11.8. The van der Waals surface area contributed by atoms with Crippen molar-refractivity contribution in [3.8, 4) is 0 Å². The number of rotatable bonds is 4. The van der Waals surface area contributed by atoms with Crippen molar-refractivity contribution >= 4 is 38.5 Å². The molecule has 23 heavy (non-hydrogen) atoms. The van der Waals surface area contributed by atoms with Gasteiger partial charge in [-0.05, 0) is 42.0 Å². The van der Waals surface area contributed by atoms with Crippen LogP contribution in [0.4, 0.5) is 4.39 Å². The van der Waals surface area contributed by atoms with Crippen LogP contribution >= 0.6 is 11.6 Å². The van der Waals surface area contributed by atoms with Crippen LogP contribution in [-0.2, 0) is 15.6 Å². The van der Waals surface area contributed by atoms with Gasteiger partial charge in [-0.15, -0.1) is 0 Å². The van der Waals surface area contributed by atoms with Gasteiger partial charge in [0.2, 0.25) is 0 Å². The van der Waals surface area contributed by atoms with E-state index in [9.17, 15) is 12.8 Å². The van der Waals surface area contributed by atoms with Gasteiger partial charge in [-0.2, -0.15) is 0 Å². The zero-order chi connectivity index (χ0) is 16.4. The molecule has 3 rings (SSSR count). The van der Waals surface area contributed by atoms with Gasteiger partial charge in [0.15, 0.2) is 9.84 Å². The zero-order valence-corrected chi connectivity index (χ0v) is 13.4. The summed E-state index contributed by atoms with van der Waals surface area (Å²) in [5.74, 6) is -0.284. The first kappa shape index (κ1) is 15.7. The predicted molar refractivity (Wildman–Crippen MR) is 89.2 cm³/mol. The van der Waals surface area contributed by atoms with Crippen molar-refractivity contribution in [3.63, 3.8) is 0 Å². The summed E-state index contributed by atoms with van der Waals surface area (Å²) in [4.78, 5) is 7.17. The fourth-order valence-corrected chi connectivity index (χ4v) is 3.25. The monoisotopic (exact) mass is 350 g/mol. The second-order valence-corrected chi connectivity index (χ2v) is 7.33. The molecule has 3 aromatic rings. The first-order valence-corrected chi connectivity index (χ1v) is 8.81. The van der Waals surface area contributed by atoms with Crippen LogP contribution in [0.1, 0.15) is 11.4 Å². The Morgan fingerprint density at radius 3 is 2.65 bits per heavy atom. The Bertz CT molecular complexity index is 979. The Hall–Kier alpha value is -2.18. The number of imidazole rings is 1. The average Bonchev–Trinajstić information content (AvgIpc) is 2.87. The van der Waals surface area contributed by atoms with Gasteiger partial charge in [-0.1, -0.05) is 23.7 Å². The van der Waals surface area contributed by atoms with Crippen LogP contribution < -0.4 is 0 Å². The molecule has 7 heteroatoms. The van der Waals surface area contributed by atoms with Gasteiger partial charge in [-0.3, -0.25) is 0 Å². The fraction of sp³-hybridized carbons (Fsp3) is 0.0625. The van der Waals surface area contributed by atoms with Crippen molar-refractivity contribution in [2.24, 2.45) is 0 Å². The molecular formula is C16H12ClFN2O2S. The number of aromatic nitrogens is 2. The van der Waals surface area contributed by atoms with Crippen LogP contribution in [-0.4, -0.2) is 18.4 Å². The van der Waals surface area contributed by atoms with Crippen molar-refractivity contribution in [2.45, 2.75) is 5.75 Å². The number of sulfone groups is 1. The molecule has 0 fully saturated rings. The number of benzene rings is 2. The Morgan fingerprint density at radius 2 is 1.91 bits per heavy atom. The van der Waals surface area contributed by atoms with Crippen molar-refractivity contribution in [1.82, 2.24) is 9.97 Å². The van der Waals surface area contributed by atoms with E-state index in [4.69, 9.17) is 11.6 Å². The summed E-state index contributed by atoms with van der Waals surface area (Å²) in [6.45, 7) is 0. The van der Waals surface area contributed by atoms with Crippen LogP contribution in [0.15, 0.2) is 47.9 Å². The highest BCUT2D eigenvalue weighted by molar-refractivity contribution is 7.93. The third kappa shape index (κ3) is 3.97. The minimum Gasteiger partial charge on any atom is -0.341 e. The normalized spacial score (nSPS) is 12.3. The average molecular weight is 351 g/mol. The summed E-state index contributed by atoms with van der Waals surface area (Å²) in [7, 11) is -3.50. The van der Waals surface area contributed by atoms with Gasteiger partial charge in [0, 0.05) is 10.4 Å². The molecule has 2 aromatic carbocycles. The number of hydrogen-bond acceptors (Lipinski definition) is 3. The van der Waals surface area contributed by atoms with Gasteiger partial charge in [0.1, 0.15) is 17.4 Å². The Balaban J connectivity index is 1.80. The molecule has 0 bridgehead atoms. The van der Waals surface area contributed by atoms with Crippen molar-refractivity contribution in [2.75, 3.05) is 0 Å². The fourth-order valence-electron chi connectivity index (χ4n) is 2.10. The molecule has 0 atom stereocenters. The molecule has 1 heterocycles. The molecule has 0 aliphatic rings. The molecule has 0 aliphatic carbocycles. The molecular weight excluding hydrogens is 339 g/mol. The maximum absolute atomic E-state index is 12.8. The molecule has 1 aromatic heterocycles. The minimum atomic E-state index is -3.50. The summed E-state index contributed by atoms with van der Waals surface area (Å²) in [6.07, 6.45) is 1.42. The molecule has 0 amide bonds. The van der Waals surface area contributed by atoms with E-state index in [1.54, 1.807) is 18.2 Å². The van der Waals surface area contributed by atoms with Crippen molar-refractivity contribution in [1.29, 1.82) is 0 Å². The summed E-state index contributed by atoms with van der Waals surface area (Å²) in [5.41, 5.74) is 1.94. The van der Waals surface area contributed by atoms with Crippen LogP contribution in [0.25, 0.3) is 17.1 Å². The number of H-pyrrole nitrogens is 1. The summed E-state index contributed by atoms with van der Waals surface area (Å²) in [6, 6.07) is 10.7. The molecule has 0 saturated carbocycles. The maximum Gasteiger partial charge on any atom is 0.178 e. The number of fused-ring (bicyclic) bond motifs is 1. The quantitative estimate of drug-likeness (QED) is 0.775. The molecule has 118 valence electrons. The van der Waals surface area contributed by atoms with Crippen LogP contribution in [0.5, 0.6) is 0 Å². The van der Waals surface area contributed by atoms with E-state index in [0.717, 1.165) is 5.41 Å². The number of hydrogen-bond donors (Lipinski definition) is 1. The lowest BCUT2D eigenvalue weighted by Gasteiger charge is -1.96. The van der Waals surface area contributed by atoms with Gasteiger partial charge in [0.25, 0.3) is 0 Å². The van der Waals surface area contributed by atoms with E-state index in [1.807, 2.05) is 0 Å². The Labute approximate surface area is 137 Å². The van der Waals surface area contributed by atoms with Gasteiger partial charge in [-0.25, -0.2) is 17.8 Å². The highest BCUT2D eigenvalue weighted by Crippen LogP contribution is 2.18. The minimum absolute atomic E-state index is 0.253. The Kier molecular flexibility index (Phi) is 4.19. The summed E-state index contributed by atoms with van der Waals surface area (Å²) >= 11 is 5.89. The van der Waals surface area contributed by atoms with E-state index in [2.05, 4.69) is 9.97 Å². The third-order valence-electron chi connectivity index (χ3n) is 3.17.